The summed E-state index contributed by atoms with van der Waals surface area (Å²) in [5, 5.41) is 11.5. The number of nitrogens with one attached hydrogen (secondary N) is 1. The van der Waals surface area contributed by atoms with Gasteiger partial charge in [-0.25, -0.2) is 9.59 Å². The highest BCUT2D eigenvalue weighted by Crippen LogP contribution is 2.17. The highest BCUT2D eigenvalue weighted by Gasteiger charge is 2.30. The molecule has 0 bridgehead atoms. The van der Waals surface area contributed by atoms with E-state index in [0.29, 0.717) is 38.1 Å². The van der Waals surface area contributed by atoms with Crippen LogP contribution in [-0.4, -0.2) is 66.9 Å². The van der Waals surface area contributed by atoms with Gasteiger partial charge >= 0.3 is 12.1 Å². The summed E-state index contributed by atoms with van der Waals surface area (Å²) in [6, 6.07) is 15.8. The number of carbonyl (C=O) groups is 3. The van der Waals surface area contributed by atoms with Gasteiger partial charge in [-0.15, -0.1) is 0 Å². The Kier molecular flexibility index (Phi) is 9.28. The number of carboxylic acid groups (broad SMARTS) is 1. The molecule has 0 radical (unpaired) electrons. The zero-order valence-corrected chi connectivity index (χ0v) is 19.1. The molecule has 182 valence electrons. The number of hydrogen-bond donors (Lipinski definition) is 2. The van der Waals surface area contributed by atoms with Crippen LogP contribution in [0.3, 0.4) is 0 Å². The lowest BCUT2D eigenvalue weighted by Gasteiger charge is -2.34. The number of hydrogen-bond acceptors (Lipinski definition) is 6. The minimum atomic E-state index is -1.02. The Morgan fingerprint density at radius 3 is 2.32 bits per heavy atom. The Morgan fingerprint density at radius 2 is 1.71 bits per heavy atom. The summed E-state index contributed by atoms with van der Waals surface area (Å²) in [6.07, 6.45) is 0.484. The van der Waals surface area contributed by atoms with Crippen LogP contribution in [0.25, 0.3) is 0 Å². The maximum atomic E-state index is 13.3. The Bertz CT molecular complexity index is 941. The molecule has 3 rings (SSSR count). The van der Waals surface area contributed by atoms with Crippen molar-refractivity contribution in [2.75, 3.05) is 26.8 Å². The molecule has 9 nitrogen and oxygen atoms in total. The number of piperidine rings is 1. The maximum Gasteiger partial charge on any atom is 0.408 e. The number of carbonyl (C=O) groups excluding carboxylic acids is 2. The first-order chi connectivity index (χ1) is 16.4. The second-order valence-electron chi connectivity index (χ2n) is 8.04. The van der Waals surface area contributed by atoms with E-state index in [-0.39, 0.29) is 25.2 Å². The summed E-state index contributed by atoms with van der Waals surface area (Å²) in [6.45, 7) is 0.585. The molecular formula is C25H30N2O7. The molecule has 0 saturated carbocycles. The van der Waals surface area contributed by atoms with E-state index in [9.17, 15) is 14.4 Å². The van der Waals surface area contributed by atoms with Crippen LogP contribution in [0.4, 0.5) is 4.79 Å². The summed E-state index contributed by atoms with van der Waals surface area (Å²) in [5.41, 5.74) is 1.71. The van der Waals surface area contributed by atoms with E-state index in [0.717, 1.165) is 11.1 Å². The number of amides is 2. The second-order valence-corrected chi connectivity index (χ2v) is 8.04. The minimum Gasteiger partial charge on any atom is -0.497 e. The fourth-order valence-electron chi connectivity index (χ4n) is 3.76. The molecule has 1 saturated heterocycles. The second kappa shape index (κ2) is 12.6. The van der Waals surface area contributed by atoms with Gasteiger partial charge < -0.3 is 29.5 Å². The highest BCUT2D eigenvalue weighted by molar-refractivity contribution is 5.86. The quantitative estimate of drug-likeness (QED) is 0.549. The smallest absolute Gasteiger partial charge is 0.408 e. The summed E-state index contributed by atoms with van der Waals surface area (Å²) in [7, 11) is 1.58. The summed E-state index contributed by atoms with van der Waals surface area (Å²) >= 11 is 0. The predicted octanol–water partition coefficient (Wildman–Crippen LogP) is 2.62. The van der Waals surface area contributed by atoms with Crippen LogP contribution in [0.5, 0.6) is 5.75 Å². The first kappa shape index (κ1) is 25.0. The Hall–Kier alpha value is -3.59. The third-order valence-corrected chi connectivity index (χ3v) is 5.60. The van der Waals surface area contributed by atoms with Crippen molar-refractivity contribution in [2.24, 2.45) is 0 Å². The van der Waals surface area contributed by atoms with E-state index >= 15 is 0 Å². The van der Waals surface area contributed by atoms with E-state index < -0.39 is 18.1 Å². The van der Waals surface area contributed by atoms with Gasteiger partial charge in [-0.05, 0) is 36.1 Å². The summed E-state index contributed by atoms with van der Waals surface area (Å²) in [5.74, 6) is -0.536. The van der Waals surface area contributed by atoms with Crippen LogP contribution >= 0.6 is 0 Å². The van der Waals surface area contributed by atoms with Gasteiger partial charge in [0.2, 0.25) is 5.91 Å². The number of likely N-dealkylation sites (tertiary alicyclic amines) is 1. The number of rotatable bonds is 10. The molecule has 0 aliphatic carbocycles. The van der Waals surface area contributed by atoms with Crippen molar-refractivity contribution in [1.82, 2.24) is 10.2 Å². The van der Waals surface area contributed by atoms with Gasteiger partial charge in [0, 0.05) is 19.5 Å². The number of aliphatic carboxylic acids is 1. The summed E-state index contributed by atoms with van der Waals surface area (Å²) in [4.78, 5) is 38.2. The molecule has 2 aromatic carbocycles. The molecule has 1 aliphatic heterocycles. The molecule has 34 heavy (non-hydrogen) atoms. The molecule has 2 amide bonds. The monoisotopic (exact) mass is 470 g/mol. The molecule has 0 spiro atoms. The van der Waals surface area contributed by atoms with E-state index in [1.165, 1.54) is 0 Å². The van der Waals surface area contributed by atoms with Crippen molar-refractivity contribution in [2.45, 2.75) is 38.0 Å². The van der Waals surface area contributed by atoms with E-state index in [1.807, 2.05) is 42.5 Å². The van der Waals surface area contributed by atoms with E-state index in [1.54, 1.807) is 24.1 Å². The highest BCUT2D eigenvalue weighted by atomic mass is 16.5. The zero-order chi connectivity index (χ0) is 24.3. The number of methoxy groups -OCH3 is 1. The first-order valence-electron chi connectivity index (χ1n) is 11.2. The normalized spacial score (nSPS) is 14.8. The molecule has 1 aliphatic rings. The van der Waals surface area contributed by atoms with Crippen LogP contribution in [-0.2, 0) is 32.1 Å². The average molecular weight is 471 g/mol. The van der Waals surface area contributed by atoms with Crippen LogP contribution in [0.15, 0.2) is 54.6 Å². The molecular weight excluding hydrogens is 440 g/mol. The van der Waals surface area contributed by atoms with Gasteiger partial charge in [-0.1, -0.05) is 42.5 Å². The van der Waals surface area contributed by atoms with Crippen molar-refractivity contribution < 1.29 is 33.7 Å². The Morgan fingerprint density at radius 1 is 1.03 bits per heavy atom. The van der Waals surface area contributed by atoms with Crippen molar-refractivity contribution in [3.8, 4) is 5.75 Å². The molecule has 1 heterocycles. The largest absolute Gasteiger partial charge is 0.497 e. The Labute approximate surface area is 198 Å². The molecule has 2 N–H and O–H groups in total. The van der Waals surface area contributed by atoms with Gasteiger partial charge in [-0.3, -0.25) is 4.79 Å². The number of benzene rings is 2. The first-order valence-corrected chi connectivity index (χ1v) is 11.2. The van der Waals surface area contributed by atoms with Crippen LogP contribution in [0.2, 0.25) is 0 Å². The third-order valence-electron chi connectivity index (χ3n) is 5.60. The number of ether oxygens (including phenoxy) is 3. The van der Waals surface area contributed by atoms with Crippen molar-refractivity contribution in [1.29, 1.82) is 0 Å². The van der Waals surface area contributed by atoms with Crippen LogP contribution in [0.1, 0.15) is 24.0 Å². The molecule has 9 heteroatoms. The van der Waals surface area contributed by atoms with Gasteiger partial charge in [0.1, 0.15) is 25.0 Å². The molecule has 2 aromatic rings. The fraction of sp³-hybridized carbons (Fsp3) is 0.400. The van der Waals surface area contributed by atoms with E-state index in [4.69, 9.17) is 19.3 Å². The topological polar surface area (TPSA) is 114 Å². The van der Waals surface area contributed by atoms with Gasteiger partial charge in [0.25, 0.3) is 0 Å². The summed E-state index contributed by atoms with van der Waals surface area (Å²) < 4.78 is 15.9. The maximum absolute atomic E-state index is 13.3. The predicted molar refractivity (Wildman–Crippen MR) is 123 cm³/mol. The van der Waals surface area contributed by atoms with Gasteiger partial charge in [0.15, 0.2) is 0 Å². The van der Waals surface area contributed by atoms with Crippen molar-refractivity contribution in [3.63, 3.8) is 0 Å². The molecule has 0 aromatic heterocycles. The lowest BCUT2D eigenvalue weighted by molar-refractivity contribution is -0.147. The van der Waals surface area contributed by atoms with Crippen molar-refractivity contribution in [3.05, 3.63) is 65.7 Å². The van der Waals surface area contributed by atoms with Gasteiger partial charge in [-0.2, -0.15) is 0 Å². The number of carboxylic acids is 1. The molecule has 1 unspecified atom stereocenters. The number of nitrogens with zero attached hydrogens (tertiary/aromatic N) is 1. The molecule has 1 atom stereocenters. The number of alkyl carbamates (subject to hydrolysis) is 1. The lowest BCUT2D eigenvalue weighted by atomic mass is 10.0. The molecule has 1 fully saturated rings. The van der Waals surface area contributed by atoms with Crippen LogP contribution in [0, 0.1) is 0 Å². The van der Waals surface area contributed by atoms with Crippen LogP contribution < -0.4 is 10.1 Å². The standard InChI is InChI=1S/C25H30N2O7/c1-32-20-9-7-18(8-10-20)15-22(26-25(31)34-16-19-5-3-2-4-6-19)24(30)27-13-11-21(12-14-27)33-17-23(28)29/h2-10,21-22H,11-17H2,1H3,(H,26,31)(H,28,29). The minimum absolute atomic E-state index is 0.0996. The SMILES string of the molecule is COc1ccc(CC(NC(=O)OCc2ccccc2)C(=O)N2CCC(OCC(=O)O)CC2)cc1. The lowest BCUT2D eigenvalue weighted by Crippen LogP contribution is -2.52. The van der Waals surface area contributed by atoms with Crippen molar-refractivity contribution >= 4 is 18.0 Å². The third kappa shape index (κ3) is 7.77. The van der Waals surface area contributed by atoms with E-state index in [2.05, 4.69) is 5.32 Å². The fourth-order valence-corrected chi connectivity index (χ4v) is 3.76. The van der Waals surface area contributed by atoms with Gasteiger partial charge in [0.05, 0.1) is 13.2 Å². The Balaban J connectivity index is 1.62. The zero-order valence-electron chi connectivity index (χ0n) is 19.1. The average Bonchev–Trinajstić information content (AvgIpc) is 2.87.